The Kier molecular flexibility index (Phi) is 3.61. The third-order valence-corrected chi connectivity index (χ3v) is 3.06. The molecule has 0 spiro atoms. The van der Waals surface area contributed by atoms with Gasteiger partial charge >= 0.3 is 0 Å². The van der Waals surface area contributed by atoms with E-state index in [0.717, 1.165) is 5.56 Å². The summed E-state index contributed by atoms with van der Waals surface area (Å²) in [5, 5.41) is 8.04. The second-order valence-electron chi connectivity index (χ2n) is 4.39. The van der Waals surface area contributed by atoms with Crippen molar-refractivity contribution in [3.05, 3.63) is 60.1 Å². The first-order valence-corrected chi connectivity index (χ1v) is 6.43. The van der Waals surface area contributed by atoms with Crippen molar-refractivity contribution in [1.29, 1.82) is 0 Å². The zero-order chi connectivity index (χ0) is 14.7. The molecule has 1 atom stereocenters. The summed E-state index contributed by atoms with van der Waals surface area (Å²) in [5.41, 5.74) is 7.68. The molecule has 0 fully saturated rings. The highest BCUT2D eigenvalue weighted by molar-refractivity contribution is 5.59. The molecule has 3 rings (SSSR count). The Morgan fingerprint density at radius 3 is 2.67 bits per heavy atom. The van der Waals surface area contributed by atoms with Gasteiger partial charge in [-0.2, -0.15) is 0 Å². The van der Waals surface area contributed by atoms with E-state index in [1.54, 1.807) is 25.4 Å². The van der Waals surface area contributed by atoms with E-state index in [1.165, 1.54) is 0 Å². The molecule has 6 nitrogen and oxygen atoms in total. The van der Waals surface area contributed by atoms with E-state index in [2.05, 4.69) is 15.2 Å². The van der Waals surface area contributed by atoms with Crippen molar-refractivity contribution in [3.63, 3.8) is 0 Å². The summed E-state index contributed by atoms with van der Waals surface area (Å²) in [4.78, 5) is 4.10. The molecule has 106 valence electrons. The van der Waals surface area contributed by atoms with Gasteiger partial charge < -0.3 is 14.9 Å². The molecule has 1 aromatic carbocycles. The smallest absolute Gasteiger partial charge is 0.253 e. The second kappa shape index (κ2) is 5.72. The molecule has 0 saturated heterocycles. The predicted octanol–water partition coefficient (Wildman–Crippen LogP) is 2.19. The molecule has 2 N–H and O–H groups in total. The number of methoxy groups -OCH3 is 1. The van der Waals surface area contributed by atoms with Crippen LogP contribution in [0.4, 0.5) is 0 Å². The molecular formula is C15H14N4O2. The standard InChI is InChI=1S/C15H14N4O2/c1-20-13-11(8-5-9-17-13)14-18-19-15(21-14)12(16)10-6-3-2-4-7-10/h2-9,12H,16H2,1H3. The molecule has 0 aliphatic carbocycles. The summed E-state index contributed by atoms with van der Waals surface area (Å²) >= 11 is 0. The van der Waals surface area contributed by atoms with Crippen LogP contribution in [0.25, 0.3) is 11.5 Å². The highest BCUT2D eigenvalue weighted by atomic mass is 16.5. The van der Waals surface area contributed by atoms with Crippen molar-refractivity contribution in [1.82, 2.24) is 15.2 Å². The van der Waals surface area contributed by atoms with E-state index >= 15 is 0 Å². The van der Waals surface area contributed by atoms with Crippen molar-refractivity contribution in [2.45, 2.75) is 6.04 Å². The van der Waals surface area contributed by atoms with Crippen molar-refractivity contribution in [2.75, 3.05) is 7.11 Å². The van der Waals surface area contributed by atoms with E-state index in [9.17, 15) is 0 Å². The third kappa shape index (κ3) is 2.61. The first kappa shape index (κ1) is 13.3. The average molecular weight is 282 g/mol. The van der Waals surface area contributed by atoms with Crippen LogP contribution >= 0.6 is 0 Å². The summed E-state index contributed by atoms with van der Waals surface area (Å²) < 4.78 is 10.8. The largest absolute Gasteiger partial charge is 0.480 e. The minimum absolute atomic E-state index is 0.335. The zero-order valence-electron chi connectivity index (χ0n) is 11.4. The maximum Gasteiger partial charge on any atom is 0.253 e. The molecule has 0 aliphatic rings. The fourth-order valence-electron chi connectivity index (χ4n) is 1.99. The van der Waals surface area contributed by atoms with Gasteiger partial charge in [0.1, 0.15) is 11.6 Å². The topological polar surface area (TPSA) is 87.1 Å². The van der Waals surface area contributed by atoms with Crippen LogP contribution in [0.15, 0.2) is 53.1 Å². The van der Waals surface area contributed by atoms with Gasteiger partial charge in [-0.25, -0.2) is 4.98 Å². The highest BCUT2D eigenvalue weighted by Crippen LogP contribution is 2.28. The molecule has 1 unspecified atom stereocenters. The number of pyridine rings is 1. The van der Waals surface area contributed by atoms with Crippen LogP contribution in [-0.4, -0.2) is 22.3 Å². The van der Waals surface area contributed by atoms with Gasteiger partial charge in [-0.05, 0) is 17.7 Å². The molecular weight excluding hydrogens is 268 g/mol. The zero-order valence-corrected chi connectivity index (χ0v) is 11.4. The molecule has 0 amide bonds. The molecule has 0 saturated carbocycles. The van der Waals surface area contributed by atoms with Gasteiger partial charge in [0.25, 0.3) is 5.89 Å². The van der Waals surface area contributed by atoms with Gasteiger partial charge in [-0.15, -0.1) is 10.2 Å². The number of ether oxygens (including phenoxy) is 1. The van der Waals surface area contributed by atoms with E-state index in [4.69, 9.17) is 14.9 Å². The lowest BCUT2D eigenvalue weighted by Gasteiger charge is -2.06. The lowest BCUT2D eigenvalue weighted by atomic mass is 10.1. The van der Waals surface area contributed by atoms with Crippen LogP contribution in [0.3, 0.4) is 0 Å². The molecule has 3 aromatic rings. The molecule has 2 heterocycles. The van der Waals surface area contributed by atoms with Crippen molar-refractivity contribution >= 4 is 0 Å². The van der Waals surface area contributed by atoms with Gasteiger partial charge in [-0.3, -0.25) is 0 Å². The number of nitrogens with two attached hydrogens (primary N) is 1. The lowest BCUT2D eigenvalue weighted by molar-refractivity contribution is 0.396. The quantitative estimate of drug-likeness (QED) is 0.789. The van der Waals surface area contributed by atoms with E-state index in [-0.39, 0.29) is 0 Å². The lowest BCUT2D eigenvalue weighted by Crippen LogP contribution is -2.11. The van der Waals surface area contributed by atoms with Crippen molar-refractivity contribution in [2.24, 2.45) is 5.73 Å². The first-order valence-electron chi connectivity index (χ1n) is 6.43. The third-order valence-electron chi connectivity index (χ3n) is 3.06. The Morgan fingerprint density at radius 2 is 1.90 bits per heavy atom. The fraction of sp³-hybridized carbons (Fsp3) is 0.133. The normalized spacial score (nSPS) is 12.1. The Bertz CT molecular complexity index is 727. The molecule has 0 bridgehead atoms. The van der Waals surface area contributed by atoms with Gasteiger partial charge in [0.05, 0.1) is 7.11 Å². The average Bonchev–Trinajstić information content (AvgIpc) is 3.04. The summed E-state index contributed by atoms with van der Waals surface area (Å²) in [6, 6.07) is 12.7. The van der Waals surface area contributed by atoms with Crippen molar-refractivity contribution < 1.29 is 9.15 Å². The van der Waals surface area contributed by atoms with E-state index in [1.807, 2.05) is 30.3 Å². The highest BCUT2D eigenvalue weighted by Gasteiger charge is 2.19. The molecule has 21 heavy (non-hydrogen) atoms. The minimum atomic E-state index is -0.463. The number of hydrogen-bond acceptors (Lipinski definition) is 6. The van der Waals surface area contributed by atoms with Gasteiger partial charge in [0, 0.05) is 6.20 Å². The number of nitrogens with zero attached hydrogens (tertiary/aromatic N) is 3. The Hall–Kier alpha value is -2.73. The van der Waals surface area contributed by atoms with Crippen molar-refractivity contribution in [3.8, 4) is 17.3 Å². The van der Waals surface area contributed by atoms with Crippen LogP contribution < -0.4 is 10.5 Å². The Labute approximate surface area is 121 Å². The van der Waals surface area contributed by atoms with Crippen LogP contribution in [0, 0.1) is 0 Å². The molecule has 0 aliphatic heterocycles. The van der Waals surface area contributed by atoms with Crippen LogP contribution in [0.1, 0.15) is 17.5 Å². The number of rotatable bonds is 4. The maximum atomic E-state index is 6.14. The summed E-state index contributed by atoms with van der Waals surface area (Å²) in [5.74, 6) is 1.12. The fourth-order valence-corrected chi connectivity index (χ4v) is 1.99. The Balaban J connectivity index is 1.93. The van der Waals surface area contributed by atoms with Gasteiger partial charge in [-0.1, -0.05) is 30.3 Å². The SMILES string of the molecule is COc1ncccc1-c1nnc(C(N)c2ccccc2)o1. The monoisotopic (exact) mass is 282 g/mol. The Morgan fingerprint density at radius 1 is 1.10 bits per heavy atom. The summed E-state index contributed by atoms with van der Waals surface area (Å²) in [7, 11) is 1.54. The summed E-state index contributed by atoms with van der Waals surface area (Å²) in [6.45, 7) is 0. The second-order valence-corrected chi connectivity index (χ2v) is 4.39. The number of hydrogen-bond donors (Lipinski definition) is 1. The van der Waals surface area contributed by atoms with E-state index < -0.39 is 6.04 Å². The first-order chi connectivity index (χ1) is 10.3. The van der Waals surface area contributed by atoms with Gasteiger partial charge in [0.2, 0.25) is 11.8 Å². The predicted molar refractivity (Wildman–Crippen MR) is 76.6 cm³/mol. The van der Waals surface area contributed by atoms with Crippen LogP contribution in [0.2, 0.25) is 0 Å². The molecule has 6 heteroatoms. The molecule has 2 aromatic heterocycles. The number of aromatic nitrogens is 3. The maximum absolute atomic E-state index is 6.14. The van der Waals surface area contributed by atoms with Gasteiger partial charge in [0.15, 0.2) is 0 Å². The number of benzene rings is 1. The summed E-state index contributed by atoms with van der Waals surface area (Å²) in [6.07, 6.45) is 1.63. The molecule has 0 radical (unpaired) electrons. The van der Waals surface area contributed by atoms with Crippen LogP contribution in [0.5, 0.6) is 5.88 Å². The van der Waals surface area contributed by atoms with Crippen LogP contribution in [-0.2, 0) is 0 Å². The minimum Gasteiger partial charge on any atom is -0.480 e. The van der Waals surface area contributed by atoms with E-state index in [0.29, 0.717) is 23.2 Å².